The van der Waals surface area contributed by atoms with Gasteiger partial charge in [0.05, 0.1) is 22.8 Å². The summed E-state index contributed by atoms with van der Waals surface area (Å²) in [5.41, 5.74) is 3.03. The summed E-state index contributed by atoms with van der Waals surface area (Å²) in [6.07, 6.45) is 0.938. The van der Waals surface area contributed by atoms with Crippen molar-refractivity contribution in [1.29, 1.82) is 0 Å². The van der Waals surface area contributed by atoms with Crippen molar-refractivity contribution in [3.05, 3.63) is 59.0 Å². The average molecular weight is 457 g/mol. The van der Waals surface area contributed by atoms with Crippen LogP contribution in [0.4, 0.5) is 0 Å². The molecule has 0 atom stereocenters. The van der Waals surface area contributed by atoms with Crippen LogP contribution < -0.4 is 10.8 Å². The van der Waals surface area contributed by atoms with Crippen molar-refractivity contribution in [1.82, 2.24) is 14.4 Å². The molecule has 12 heteroatoms. The first-order chi connectivity index (χ1) is 13.6. The van der Waals surface area contributed by atoms with Gasteiger partial charge in [-0.3, -0.25) is 0 Å². The lowest BCUT2D eigenvalue weighted by Crippen LogP contribution is -2.15. The molecule has 0 aliphatic heterocycles. The molecule has 0 amide bonds. The molecule has 10 nitrogen and oxygen atoms in total. The number of imidazole rings is 1. The molecule has 2 heterocycles. The fourth-order valence-electron chi connectivity index (χ4n) is 2.37. The van der Waals surface area contributed by atoms with E-state index in [0.717, 1.165) is 28.2 Å². The van der Waals surface area contributed by atoms with Crippen molar-refractivity contribution >= 4 is 48.2 Å². The molecule has 0 aliphatic rings. The van der Waals surface area contributed by atoms with E-state index in [1.165, 1.54) is 0 Å². The predicted molar refractivity (Wildman–Crippen MR) is 118 cm³/mol. The zero-order valence-corrected chi connectivity index (χ0v) is 17.5. The van der Waals surface area contributed by atoms with E-state index in [4.69, 9.17) is 12.6 Å². The Morgan fingerprint density at radius 3 is 2.03 bits per heavy atom. The molecule has 0 unspecified atom stereocenters. The fraction of sp³-hybridized carbons (Fsp3) is 0.222. The van der Waals surface area contributed by atoms with Crippen LogP contribution in [0, 0.1) is 0 Å². The summed E-state index contributed by atoms with van der Waals surface area (Å²) in [5.74, 6) is 0. The van der Waals surface area contributed by atoms with Crippen LogP contribution in [-0.2, 0) is 20.6 Å². The quantitative estimate of drug-likeness (QED) is 0.408. The van der Waals surface area contributed by atoms with Gasteiger partial charge < -0.3 is 4.98 Å². The number of aromatic amines is 1. The molecule has 4 rings (SSSR count). The van der Waals surface area contributed by atoms with E-state index < -0.39 is 20.6 Å². The molecular weight excluding hydrogens is 432 g/mol. The molecule has 164 valence electrons. The smallest absolute Gasteiger partial charge is 0.306 e. The third kappa shape index (κ3) is 7.73. The van der Waals surface area contributed by atoms with Crippen molar-refractivity contribution in [2.24, 2.45) is 5.14 Å². The first kappa shape index (κ1) is 26.9. The van der Waals surface area contributed by atoms with Crippen LogP contribution in [0.25, 0.3) is 27.6 Å². The molecule has 2 aromatic carbocycles. The Hall–Kier alpha value is -3.09. The summed E-state index contributed by atoms with van der Waals surface area (Å²) in [7, 11) is -6.28. The third-order valence-electron chi connectivity index (χ3n) is 3.17. The molecule has 0 saturated carbocycles. The topological polar surface area (TPSA) is 162 Å². The van der Waals surface area contributed by atoms with Gasteiger partial charge in [-0.25, -0.2) is 27.7 Å². The fourth-order valence-corrected chi connectivity index (χ4v) is 2.37. The number of H-pyrrole nitrogens is 1. The van der Waals surface area contributed by atoms with Crippen LogP contribution in [0.15, 0.2) is 53.3 Å². The highest BCUT2D eigenvalue weighted by Gasteiger charge is 2.09. The van der Waals surface area contributed by atoms with E-state index in [2.05, 4.69) is 15.1 Å². The highest BCUT2D eigenvalue weighted by atomic mass is 32.2. The maximum absolute atomic E-state index is 12.1. The minimum atomic E-state index is -3.17. The van der Waals surface area contributed by atoms with Gasteiger partial charge in [-0.15, -0.1) is 12.6 Å². The van der Waals surface area contributed by atoms with E-state index in [1.807, 2.05) is 62.4 Å². The Kier molecular flexibility index (Phi) is 10.6. The van der Waals surface area contributed by atoms with E-state index in [1.54, 1.807) is 4.40 Å². The second-order valence-corrected chi connectivity index (χ2v) is 7.34. The molecule has 2 aromatic heterocycles. The van der Waals surface area contributed by atoms with Crippen molar-refractivity contribution in [3.63, 3.8) is 0 Å². The van der Waals surface area contributed by atoms with Crippen molar-refractivity contribution in [2.45, 2.75) is 21.3 Å². The second kappa shape index (κ2) is 11.8. The molecule has 0 bridgehead atoms. The van der Waals surface area contributed by atoms with Crippen molar-refractivity contribution in [2.75, 3.05) is 6.26 Å². The summed E-state index contributed by atoms with van der Waals surface area (Å²) in [4.78, 5) is 19.6. The lowest BCUT2D eigenvalue weighted by atomic mass is 10.2. The monoisotopic (exact) mass is 456 g/mol. The summed E-state index contributed by atoms with van der Waals surface area (Å²) >= 11 is 0. The molecule has 30 heavy (non-hydrogen) atoms. The SMILES string of the molecule is C.CC.CS(N)(=O)=O.O=S(=O)=O.O=c1[nH]c2ccccc2c2nc3ccccc3n12. The highest BCUT2D eigenvalue weighted by molar-refractivity contribution is 7.88. The molecule has 0 aliphatic carbocycles. The molecule has 0 radical (unpaired) electrons. The number of para-hydroxylation sites is 3. The number of nitrogens with one attached hydrogen (secondary N) is 1. The maximum Gasteiger partial charge on any atom is 0.425 e. The number of hydrogen-bond acceptors (Lipinski definition) is 7. The molecule has 0 fully saturated rings. The van der Waals surface area contributed by atoms with Crippen LogP contribution in [0.2, 0.25) is 0 Å². The minimum absolute atomic E-state index is 0. The van der Waals surface area contributed by atoms with E-state index in [9.17, 15) is 13.2 Å². The van der Waals surface area contributed by atoms with Crippen molar-refractivity contribution < 1.29 is 21.0 Å². The van der Waals surface area contributed by atoms with Gasteiger partial charge in [0.25, 0.3) is 0 Å². The molecule has 4 aromatic rings. The van der Waals surface area contributed by atoms with Crippen LogP contribution >= 0.6 is 0 Å². The molecule has 0 spiro atoms. The zero-order chi connectivity index (χ0) is 22.2. The van der Waals surface area contributed by atoms with Crippen LogP contribution in [0.3, 0.4) is 0 Å². The number of benzene rings is 2. The summed E-state index contributed by atoms with van der Waals surface area (Å²) < 4.78 is 45.8. The Balaban J connectivity index is 0.000000598. The summed E-state index contributed by atoms with van der Waals surface area (Å²) in [5, 5.41) is 5.28. The number of nitrogens with zero attached hydrogens (tertiary/aromatic N) is 2. The van der Waals surface area contributed by atoms with Crippen molar-refractivity contribution in [3.8, 4) is 0 Å². The van der Waals surface area contributed by atoms with Gasteiger partial charge in [0.15, 0.2) is 5.65 Å². The lowest BCUT2D eigenvalue weighted by molar-refractivity contribution is 0.559. The number of nitrogens with two attached hydrogens (primary N) is 1. The summed E-state index contributed by atoms with van der Waals surface area (Å²) in [6.45, 7) is 4.00. The van der Waals surface area contributed by atoms with Gasteiger partial charge in [0.1, 0.15) is 0 Å². The van der Waals surface area contributed by atoms with Crippen LogP contribution in [0.1, 0.15) is 21.3 Å². The van der Waals surface area contributed by atoms with Crippen LogP contribution in [-0.4, -0.2) is 41.7 Å². The summed E-state index contributed by atoms with van der Waals surface area (Å²) in [6, 6.07) is 15.3. The first-order valence-corrected chi connectivity index (χ1v) is 11.2. The minimum Gasteiger partial charge on any atom is -0.306 e. The van der Waals surface area contributed by atoms with Gasteiger partial charge in [0.2, 0.25) is 10.0 Å². The largest absolute Gasteiger partial charge is 0.425 e. The van der Waals surface area contributed by atoms with Gasteiger partial charge in [-0.2, -0.15) is 0 Å². The lowest BCUT2D eigenvalue weighted by Gasteiger charge is -1.99. The standard InChI is InChI=1S/C14H9N3O.C2H6.CH5NO2S.CH4.O3S/c18-14-16-10-6-2-1-5-9(10)13-15-11-7-3-4-8-12(11)17(13)14;1-2;1-5(2,3)4;;1-4(2)3/h1-8H,(H,16,18);1-2H3;1H3,(H2,2,3,4);1H4;. The second-order valence-electron chi connectivity index (χ2n) is 5.27. The third-order valence-corrected chi connectivity index (χ3v) is 3.17. The number of rotatable bonds is 0. The average Bonchev–Trinajstić information content (AvgIpc) is 3.02. The van der Waals surface area contributed by atoms with Gasteiger partial charge in [0, 0.05) is 5.39 Å². The van der Waals surface area contributed by atoms with Crippen LogP contribution in [0.5, 0.6) is 0 Å². The normalized spacial score (nSPS) is 9.87. The first-order valence-electron chi connectivity index (χ1n) is 8.20. The van der Waals surface area contributed by atoms with Gasteiger partial charge >= 0.3 is 16.3 Å². The molecular formula is C18H24N4O6S2. The number of fused-ring (bicyclic) bond motifs is 5. The number of sulfonamides is 1. The van der Waals surface area contributed by atoms with Gasteiger partial charge in [-0.05, 0) is 24.3 Å². The number of aromatic nitrogens is 3. The Labute approximate surface area is 175 Å². The van der Waals surface area contributed by atoms with E-state index in [0.29, 0.717) is 5.65 Å². The number of primary sulfonamides is 1. The Morgan fingerprint density at radius 2 is 1.47 bits per heavy atom. The molecule has 0 saturated heterocycles. The maximum atomic E-state index is 12.1. The van der Waals surface area contributed by atoms with E-state index in [-0.39, 0.29) is 13.1 Å². The molecule has 3 N–H and O–H groups in total. The zero-order valence-electron chi connectivity index (χ0n) is 15.9. The Bertz CT molecular complexity index is 1380. The Morgan fingerprint density at radius 1 is 1.00 bits per heavy atom. The van der Waals surface area contributed by atoms with Gasteiger partial charge in [-0.1, -0.05) is 45.5 Å². The highest BCUT2D eigenvalue weighted by Crippen LogP contribution is 2.20. The predicted octanol–water partition coefficient (Wildman–Crippen LogP) is 1.89. The van der Waals surface area contributed by atoms with E-state index >= 15 is 0 Å². The number of hydrogen-bond donors (Lipinski definition) is 2.